The number of carbonyl (C=O) groups excluding carboxylic acids is 8. The third kappa shape index (κ3) is 15.9. The first-order valence-electron chi connectivity index (χ1n) is 17.5. The topological polar surface area (TPSA) is 393 Å². The van der Waals surface area contributed by atoms with Crippen LogP contribution in [0.3, 0.4) is 0 Å². The molecule has 2 rings (SSSR count). The van der Waals surface area contributed by atoms with Crippen molar-refractivity contribution in [2.45, 2.75) is 82.2 Å². The van der Waals surface area contributed by atoms with Gasteiger partial charge in [-0.2, -0.15) is 0 Å². The number of rotatable bonds is 24. The molecule has 1 heterocycles. The Balaban J connectivity index is 2.30. The van der Waals surface area contributed by atoms with Gasteiger partial charge < -0.3 is 69.4 Å². The standard InChI is InChI=1S/C34H49N11O12/c1-3-16(2)28(37)33(55)44-21(9-18-12-38-15-40-18)31(53)42-20(8-17-4-6-19(47)7-5-17)30(52)43-22(10-25(35)48)29(51)39-13-27(50)41-23(11-26(36)49)32(54)45-24(14-46)34(56)57/h4-7,12,15-16,20-24,28,46-47H,3,8-11,13-14,37H2,1-2H3,(H2,35,48)(H2,36,49)(H,38,40)(H,39,51)(H,41,50)(H,42,53)(H,43,52)(H,44,55)(H,45,54)(H,56,57)/t16-,20-,21-,22-,23-,24-,28-/m0/s1. The number of carbonyl (C=O) groups is 9. The maximum Gasteiger partial charge on any atom is 0.328 e. The van der Waals surface area contributed by atoms with Crippen molar-refractivity contribution in [3.8, 4) is 5.75 Å². The number of aliphatic hydroxyl groups is 1. The van der Waals surface area contributed by atoms with Crippen LogP contribution in [0, 0.1) is 5.92 Å². The quantitative estimate of drug-likeness (QED) is 0.0472. The van der Waals surface area contributed by atoms with E-state index in [-0.39, 0.29) is 24.5 Å². The number of phenols is 1. The summed E-state index contributed by atoms with van der Waals surface area (Å²) in [5.74, 6) is -10.00. The van der Waals surface area contributed by atoms with E-state index in [9.17, 15) is 53.4 Å². The third-order valence-corrected chi connectivity index (χ3v) is 8.50. The van der Waals surface area contributed by atoms with Gasteiger partial charge in [0.25, 0.3) is 0 Å². The fourth-order valence-corrected chi connectivity index (χ4v) is 5.04. The summed E-state index contributed by atoms with van der Waals surface area (Å²) in [6.45, 7) is 1.67. The van der Waals surface area contributed by atoms with Crippen LogP contribution >= 0.6 is 0 Å². The van der Waals surface area contributed by atoms with Crippen LogP contribution < -0.4 is 49.1 Å². The predicted octanol–water partition coefficient (Wildman–Crippen LogP) is -5.36. The molecular formula is C34H49N11O12. The molecule has 0 aliphatic carbocycles. The second kappa shape index (κ2) is 22.7. The minimum Gasteiger partial charge on any atom is -0.508 e. The van der Waals surface area contributed by atoms with Crippen LogP contribution in [0.25, 0.3) is 0 Å². The van der Waals surface area contributed by atoms with E-state index in [1.165, 1.54) is 36.8 Å². The lowest BCUT2D eigenvalue weighted by atomic mass is 9.98. The molecule has 1 aromatic carbocycles. The molecule has 0 aliphatic rings. The van der Waals surface area contributed by atoms with Crippen molar-refractivity contribution >= 4 is 53.2 Å². The highest BCUT2D eigenvalue weighted by molar-refractivity contribution is 5.98. The number of aromatic hydroxyl groups is 1. The summed E-state index contributed by atoms with van der Waals surface area (Å²) >= 11 is 0. The van der Waals surface area contributed by atoms with Crippen molar-refractivity contribution in [1.82, 2.24) is 41.9 Å². The van der Waals surface area contributed by atoms with Gasteiger partial charge in [0.15, 0.2) is 0 Å². The largest absolute Gasteiger partial charge is 0.508 e. The van der Waals surface area contributed by atoms with E-state index in [0.717, 1.165) is 0 Å². The zero-order valence-corrected chi connectivity index (χ0v) is 31.2. The van der Waals surface area contributed by atoms with Crippen LogP contribution in [-0.4, -0.2) is 128 Å². The summed E-state index contributed by atoms with van der Waals surface area (Å²) in [6.07, 6.45) is 1.43. The molecule has 0 unspecified atom stereocenters. The molecule has 1 aromatic heterocycles. The summed E-state index contributed by atoms with van der Waals surface area (Å²) in [7, 11) is 0. The monoisotopic (exact) mass is 803 g/mol. The Labute approximate surface area is 325 Å². The number of hydrogen-bond acceptors (Lipinski definition) is 13. The van der Waals surface area contributed by atoms with E-state index >= 15 is 0 Å². The number of benzene rings is 1. The number of nitrogens with zero attached hydrogens (tertiary/aromatic N) is 1. The highest BCUT2D eigenvalue weighted by Crippen LogP contribution is 2.13. The number of aliphatic hydroxyl groups excluding tert-OH is 1. The number of imidazole rings is 1. The number of aromatic amines is 1. The van der Waals surface area contributed by atoms with E-state index in [1.54, 1.807) is 6.92 Å². The maximum absolute atomic E-state index is 13.8. The lowest BCUT2D eigenvalue weighted by Gasteiger charge is -2.26. The van der Waals surface area contributed by atoms with Crippen LogP contribution in [0.2, 0.25) is 0 Å². The number of aromatic nitrogens is 2. The molecule has 312 valence electrons. The van der Waals surface area contributed by atoms with Gasteiger partial charge in [-0.1, -0.05) is 32.4 Å². The highest BCUT2D eigenvalue weighted by Gasteiger charge is 2.33. The average molecular weight is 804 g/mol. The molecule has 57 heavy (non-hydrogen) atoms. The van der Waals surface area contributed by atoms with Crippen molar-refractivity contribution in [2.75, 3.05) is 13.2 Å². The first-order chi connectivity index (χ1) is 26.8. The van der Waals surface area contributed by atoms with Crippen molar-refractivity contribution < 1.29 is 58.5 Å². The van der Waals surface area contributed by atoms with Gasteiger partial charge in [-0.15, -0.1) is 0 Å². The molecule has 0 fully saturated rings. The molecule has 7 atom stereocenters. The lowest BCUT2D eigenvalue weighted by Crippen LogP contribution is -2.59. The number of amides is 8. The minimum absolute atomic E-state index is 0.0952. The second-order valence-electron chi connectivity index (χ2n) is 13.0. The van der Waals surface area contributed by atoms with Gasteiger partial charge in [0.1, 0.15) is 36.0 Å². The van der Waals surface area contributed by atoms with Crippen LogP contribution in [-0.2, 0) is 56.0 Å². The maximum atomic E-state index is 13.8. The van der Waals surface area contributed by atoms with Crippen LogP contribution in [0.1, 0.15) is 44.4 Å². The second-order valence-corrected chi connectivity index (χ2v) is 13.0. The van der Waals surface area contributed by atoms with Crippen LogP contribution in [0.15, 0.2) is 36.8 Å². The minimum atomic E-state index is -1.78. The highest BCUT2D eigenvalue weighted by atomic mass is 16.4. The van der Waals surface area contributed by atoms with Gasteiger partial charge in [-0.05, 0) is 23.6 Å². The predicted molar refractivity (Wildman–Crippen MR) is 197 cm³/mol. The van der Waals surface area contributed by atoms with E-state index < -0.39 is 115 Å². The van der Waals surface area contributed by atoms with E-state index in [4.69, 9.17) is 22.3 Å². The molecule has 0 spiro atoms. The van der Waals surface area contributed by atoms with Crippen LogP contribution in [0.5, 0.6) is 5.75 Å². The van der Waals surface area contributed by atoms with Gasteiger partial charge >= 0.3 is 5.97 Å². The summed E-state index contributed by atoms with van der Waals surface area (Å²) in [5.41, 5.74) is 17.4. The van der Waals surface area contributed by atoms with Gasteiger partial charge in [0.05, 0.1) is 38.4 Å². The number of carboxylic acid groups (broad SMARTS) is 1. The summed E-state index contributed by atoms with van der Waals surface area (Å²) in [6, 6.07) is -3.41. The molecule has 2 aromatic rings. The molecule has 8 amide bonds. The molecular weight excluding hydrogens is 754 g/mol. The zero-order valence-electron chi connectivity index (χ0n) is 31.2. The van der Waals surface area contributed by atoms with Gasteiger partial charge in [0, 0.05) is 24.7 Å². The van der Waals surface area contributed by atoms with Crippen molar-refractivity contribution in [2.24, 2.45) is 23.1 Å². The number of nitrogens with one attached hydrogen (secondary N) is 7. The van der Waals surface area contributed by atoms with Gasteiger partial charge in [0.2, 0.25) is 47.3 Å². The average Bonchev–Trinajstić information content (AvgIpc) is 3.67. The molecule has 23 nitrogen and oxygen atoms in total. The normalized spacial score (nSPS) is 14.5. The molecule has 0 aliphatic heterocycles. The Morgan fingerprint density at radius 2 is 1.25 bits per heavy atom. The smallest absolute Gasteiger partial charge is 0.328 e. The number of nitrogens with two attached hydrogens (primary N) is 3. The first kappa shape index (κ1) is 46.5. The van der Waals surface area contributed by atoms with Crippen molar-refractivity contribution in [3.05, 3.63) is 48.0 Å². The van der Waals surface area contributed by atoms with Crippen LogP contribution in [0.4, 0.5) is 0 Å². The first-order valence-corrected chi connectivity index (χ1v) is 17.5. The molecule has 0 radical (unpaired) electrons. The zero-order chi connectivity index (χ0) is 42.8. The molecule has 23 heteroatoms. The number of H-pyrrole nitrogens is 1. The van der Waals surface area contributed by atoms with E-state index in [1.807, 2.05) is 12.2 Å². The van der Waals surface area contributed by atoms with Crippen molar-refractivity contribution in [3.63, 3.8) is 0 Å². The number of hydrogen-bond donors (Lipinski definition) is 13. The Morgan fingerprint density at radius 1 is 0.737 bits per heavy atom. The molecule has 0 saturated carbocycles. The summed E-state index contributed by atoms with van der Waals surface area (Å²) in [4.78, 5) is 121. The SMILES string of the molecule is CC[C@H](C)[C@H](N)C(=O)N[C@@H](Cc1cnc[nH]1)C(=O)N[C@@H](Cc1ccc(O)cc1)C(=O)N[C@@H](CC(N)=O)C(=O)NCC(=O)N[C@@H](CC(N)=O)C(=O)N[C@@H](CO)C(=O)O. The van der Waals surface area contributed by atoms with E-state index in [2.05, 4.69) is 36.6 Å². The van der Waals surface area contributed by atoms with Gasteiger partial charge in [-0.3, -0.25) is 38.4 Å². The van der Waals surface area contributed by atoms with Gasteiger partial charge in [-0.25, -0.2) is 9.78 Å². The third-order valence-electron chi connectivity index (χ3n) is 8.50. The number of primary amides is 2. The summed E-state index contributed by atoms with van der Waals surface area (Å²) in [5, 5.41) is 41.7. The molecule has 0 saturated heterocycles. The Kier molecular flexibility index (Phi) is 18.5. The lowest BCUT2D eigenvalue weighted by molar-refractivity contribution is -0.143. The van der Waals surface area contributed by atoms with E-state index in [0.29, 0.717) is 17.7 Å². The Morgan fingerprint density at radius 3 is 1.75 bits per heavy atom. The fraction of sp³-hybridized carbons (Fsp3) is 0.471. The number of phenolic OH excluding ortho intramolecular Hbond substituents is 1. The molecule has 0 bridgehead atoms. The number of aliphatic carboxylic acids is 1. The summed E-state index contributed by atoms with van der Waals surface area (Å²) < 4.78 is 0. The Bertz CT molecular complexity index is 1740. The Hall–Kier alpha value is -6.62. The number of carboxylic acids is 1. The fourth-order valence-electron chi connectivity index (χ4n) is 5.04. The van der Waals surface area contributed by atoms with Crippen molar-refractivity contribution in [1.29, 1.82) is 0 Å². The molecule has 16 N–H and O–H groups in total.